The van der Waals surface area contributed by atoms with Crippen molar-refractivity contribution in [2.24, 2.45) is 0 Å². The van der Waals surface area contributed by atoms with Crippen molar-refractivity contribution in [2.75, 3.05) is 0 Å². The van der Waals surface area contributed by atoms with Crippen LogP contribution < -0.4 is 4.74 Å². The maximum absolute atomic E-state index is 12.8. The van der Waals surface area contributed by atoms with Crippen LogP contribution in [0.3, 0.4) is 0 Å². The van der Waals surface area contributed by atoms with Crippen LogP contribution in [0.1, 0.15) is 94.5 Å². The highest BCUT2D eigenvalue weighted by Gasteiger charge is 2.10. The molecule has 0 bridgehead atoms. The van der Waals surface area contributed by atoms with Gasteiger partial charge in [-0.15, -0.1) is 0 Å². The number of carbonyl (C=O) groups is 1. The van der Waals surface area contributed by atoms with Crippen LogP contribution in [0.5, 0.6) is 5.75 Å². The van der Waals surface area contributed by atoms with Gasteiger partial charge >= 0.3 is 0 Å². The summed E-state index contributed by atoms with van der Waals surface area (Å²) in [5.74, 6) is 0.914. The average molecular weight is 503 g/mol. The summed E-state index contributed by atoms with van der Waals surface area (Å²) in [6, 6.07) is 24.6. The fourth-order valence-corrected chi connectivity index (χ4v) is 5.06. The van der Waals surface area contributed by atoms with Crippen molar-refractivity contribution in [1.29, 1.82) is 0 Å². The quantitative estimate of drug-likeness (QED) is 0.153. The number of thioether (sulfide) groups is 1. The maximum Gasteiger partial charge on any atom is 0.224 e. The Balaban J connectivity index is 1.49. The Labute approximate surface area is 222 Å². The Morgan fingerprint density at radius 3 is 1.92 bits per heavy atom. The molecule has 0 heterocycles. The van der Waals surface area contributed by atoms with Crippen molar-refractivity contribution in [2.45, 2.75) is 96.0 Å². The fourth-order valence-electron chi connectivity index (χ4n) is 4.32. The topological polar surface area (TPSA) is 26.3 Å². The lowest BCUT2D eigenvalue weighted by atomic mass is 10.0. The SMILES string of the molecule is CCCCCCc1ccc(SC(=O)c2ccc(-c3ccc(O[C@@H](C)CCCCCC)cc3)cc2)cc1. The van der Waals surface area contributed by atoms with Gasteiger partial charge in [0.25, 0.3) is 0 Å². The molecule has 0 aliphatic carbocycles. The summed E-state index contributed by atoms with van der Waals surface area (Å²) in [6.07, 6.45) is 12.6. The Morgan fingerprint density at radius 1 is 0.722 bits per heavy atom. The van der Waals surface area contributed by atoms with Gasteiger partial charge in [0.1, 0.15) is 5.75 Å². The number of hydrogen-bond donors (Lipinski definition) is 0. The second kappa shape index (κ2) is 15.6. The van der Waals surface area contributed by atoms with Crippen LogP contribution in [0.15, 0.2) is 77.7 Å². The molecule has 0 aliphatic heterocycles. The van der Waals surface area contributed by atoms with Crippen molar-refractivity contribution in [3.05, 3.63) is 83.9 Å². The molecule has 0 amide bonds. The third-order valence-corrected chi connectivity index (χ3v) is 7.49. The smallest absolute Gasteiger partial charge is 0.224 e. The molecule has 0 fully saturated rings. The number of benzene rings is 3. The lowest BCUT2D eigenvalue weighted by Crippen LogP contribution is -2.11. The Morgan fingerprint density at radius 2 is 1.31 bits per heavy atom. The normalized spacial score (nSPS) is 11.9. The minimum absolute atomic E-state index is 0.0777. The number of aryl methyl sites for hydroxylation is 1. The lowest BCUT2D eigenvalue weighted by molar-refractivity contribution is 0.108. The molecule has 3 aromatic carbocycles. The number of carbonyl (C=O) groups excluding carboxylic acids is 1. The summed E-state index contributed by atoms with van der Waals surface area (Å²) < 4.78 is 6.08. The van der Waals surface area contributed by atoms with E-state index in [1.165, 1.54) is 68.7 Å². The molecule has 192 valence electrons. The van der Waals surface area contributed by atoms with E-state index >= 15 is 0 Å². The summed E-state index contributed by atoms with van der Waals surface area (Å²) >= 11 is 1.30. The number of hydrogen-bond acceptors (Lipinski definition) is 3. The summed E-state index contributed by atoms with van der Waals surface area (Å²) in [5, 5.41) is 0.0777. The predicted molar refractivity (Wildman–Crippen MR) is 155 cm³/mol. The van der Waals surface area contributed by atoms with Crippen molar-refractivity contribution < 1.29 is 9.53 Å². The van der Waals surface area contributed by atoms with Crippen LogP contribution in [0, 0.1) is 0 Å². The minimum Gasteiger partial charge on any atom is -0.491 e. The molecule has 3 heteroatoms. The van der Waals surface area contributed by atoms with Crippen LogP contribution in [0.2, 0.25) is 0 Å². The molecule has 0 aliphatic rings. The second-order valence-electron chi connectivity index (χ2n) is 9.72. The van der Waals surface area contributed by atoms with E-state index in [1.807, 2.05) is 36.4 Å². The van der Waals surface area contributed by atoms with Crippen molar-refractivity contribution in [3.8, 4) is 16.9 Å². The van der Waals surface area contributed by atoms with E-state index in [9.17, 15) is 4.79 Å². The van der Waals surface area contributed by atoms with Crippen molar-refractivity contribution in [3.63, 3.8) is 0 Å². The van der Waals surface area contributed by atoms with E-state index in [0.29, 0.717) is 0 Å². The van der Waals surface area contributed by atoms with E-state index in [1.54, 1.807) is 0 Å². The number of rotatable bonds is 15. The molecule has 0 spiro atoms. The average Bonchev–Trinajstić information content (AvgIpc) is 2.90. The summed E-state index contributed by atoms with van der Waals surface area (Å²) in [6.45, 7) is 6.62. The molecule has 3 aromatic rings. The number of ether oxygens (including phenoxy) is 1. The molecular weight excluding hydrogens is 460 g/mol. The van der Waals surface area contributed by atoms with Gasteiger partial charge in [-0.05, 0) is 97.5 Å². The monoisotopic (exact) mass is 502 g/mol. The molecule has 0 N–H and O–H groups in total. The lowest BCUT2D eigenvalue weighted by Gasteiger charge is -2.15. The molecule has 0 saturated carbocycles. The first-order chi connectivity index (χ1) is 17.6. The highest BCUT2D eigenvalue weighted by atomic mass is 32.2. The zero-order valence-corrected chi connectivity index (χ0v) is 23.1. The van der Waals surface area contributed by atoms with Gasteiger partial charge in [0, 0.05) is 10.5 Å². The fraction of sp³-hybridized carbons (Fsp3) is 0.424. The first-order valence-electron chi connectivity index (χ1n) is 13.8. The van der Waals surface area contributed by atoms with Gasteiger partial charge < -0.3 is 4.74 Å². The Hall–Kier alpha value is -2.52. The zero-order valence-electron chi connectivity index (χ0n) is 22.3. The van der Waals surface area contributed by atoms with Crippen molar-refractivity contribution >= 4 is 16.9 Å². The highest BCUT2D eigenvalue weighted by molar-refractivity contribution is 8.14. The van der Waals surface area contributed by atoms with Crippen LogP contribution in [-0.4, -0.2) is 11.2 Å². The predicted octanol–water partition coefficient (Wildman–Crippen LogP) is 10.1. The van der Waals surface area contributed by atoms with E-state index in [4.69, 9.17) is 4.74 Å². The Kier molecular flexibility index (Phi) is 12.1. The van der Waals surface area contributed by atoms with Crippen LogP contribution >= 0.6 is 11.8 Å². The van der Waals surface area contributed by atoms with E-state index in [-0.39, 0.29) is 11.2 Å². The molecule has 2 nitrogen and oxygen atoms in total. The molecule has 0 saturated heterocycles. The largest absolute Gasteiger partial charge is 0.491 e. The standard InChI is InChI=1S/C33H42O2S/c1-4-6-8-10-12-26(3)35-31-22-20-29(21-23-31)28-16-18-30(19-17-28)33(34)36-32-24-14-27(15-25-32)13-11-9-7-5-2/h14-26H,4-13H2,1-3H3/t26-/m0/s1. The summed E-state index contributed by atoms with van der Waals surface area (Å²) in [4.78, 5) is 13.8. The zero-order chi connectivity index (χ0) is 25.6. The third-order valence-electron chi connectivity index (χ3n) is 6.56. The van der Waals surface area contributed by atoms with Gasteiger partial charge in [-0.25, -0.2) is 0 Å². The maximum atomic E-state index is 12.8. The van der Waals surface area contributed by atoms with Crippen LogP contribution in [-0.2, 0) is 6.42 Å². The third kappa shape index (κ3) is 9.50. The summed E-state index contributed by atoms with van der Waals surface area (Å²) in [5.41, 5.74) is 4.30. The minimum atomic E-state index is 0.0777. The highest BCUT2D eigenvalue weighted by Crippen LogP contribution is 2.27. The summed E-state index contributed by atoms with van der Waals surface area (Å²) in [7, 11) is 0. The molecule has 3 rings (SSSR count). The van der Waals surface area contributed by atoms with Gasteiger partial charge in [-0.2, -0.15) is 0 Å². The van der Waals surface area contributed by atoms with E-state index in [0.717, 1.165) is 40.2 Å². The molecule has 1 atom stereocenters. The first kappa shape index (κ1) is 28.1. The number of unbranched alkanes of at least 4 members (excludes halogenated alkanes) is 6. The van der Waals surface area contributed by atoms with Gasteiger partial charge in [0.05, 0.1) is 6.10 Å². The van der Waals surface area contributed by atoms with Crippen LogP contribution in [0.4, 0.5) is 0 Å². The molecule has 0 aromatic heterocycles. The molecular formula is C33H42O2S. The second-order valence-corrected chi connectivity index (χ2v) is 10.8. The van der Waals surface area contributed by atoms with Gasteiger partial charge in [-0.3, -0.25) is 4.79 Å². The molecule has 0 radical (unpaired) electrons. The van der Waals surface area contributed by atoms with E-state index < -0.39 is 0 Å². The van der Waals surface area contributed by atoms with Gasteiger partial charge in [0.2, 0.25) is 5.12 Å². The van der Waals surface area contributed by atoms with Crippen molar-refractivity contribution in [1.82, 2.24) is 0 Å². The Bertz CT molecular complexity index is 1020. The molecule has 36 heavy (non-hydrogen) atoms. The van der Waals surface area contributed by atoms with E-state index in [2.05, 4.69) is 57.2 Å². The van der Waals surface area contributed by atoms with Gasteiger partial charge in [-0.1, -0.05) is 88.8 Å². The van der Waals surface area contributed by atoms with Gasteiger partial charge in [0.15, 0.2) is 0 Å². The first-order valence-corrected chi connectivity index (χ1v) is 14.6. The van der Waals surface area contributed by atoms with Crippen LogP contribution in [0.25, 0.3) is 11.1 Å². The molecule has 0 unspecified atom stereocenters.